The topological polar surface area (TPSA) is 196 Å². The predicted molar refractivity (Wildman–Crippen MR) is 111 cm³/mol. The van der Waals surface area contributed by atoms with Gasteiger partial charge in [-0.2, -0.15) is 0 Å². The largest absolute Gasteiger partial charge is 0.504 e. The minimum Gasteiger partial charge on any atom is -0.504 e. The number of phenols is 1. The number of phenolic OH excluding ortho intramolecular Hbond substituents is 1. The Bertz CT molecular complexity index is 810. The van der Waals surface area contributed by atoms with E-state index < -0.39 is 68.2 Å². The van der Waals surface area contributed by atoms with Crippen LogP contribution in [0.3, 0.4) is 0 Å². The molecule has 1 heterocycles. The summed E-state index contributed by atoms with van der Waals surface area (Å²) in [6.45, 7) is -0.648. The summed E-state index contributed by atoms with van der Waals surface area (Å²) in [5.41, 5.74) is -1.33. The minimum absolute atomic E-state index is 0.0642. The van der Waals surface area contributed by atoms with E-state index in [-0.39, 0.29) is 11.5 Å². The summed E-state index contributed by atoms with van der Waals surface area (Å²) in [6.07, 6.45) is -6.84. The molecule has 12 nitrogen and oxygen atoms in total. The first-order valence-corrected chi connectivity index (χ1v) is 10.0. The van der Waals surface area contributed by atoms with Gasteiger partial charge in [-0.05, 0) is 30.7 Å². The number of esters is 1. The van der Waals surface area contributed by atoms with Crippen molar-refractivity contribution in [2.75, 3.05) is 26.9 Å². The van der Waals surface area contributed by atoms with E-state index in [9.17, 15) is 35.4 Å². The Hall–Kier alpha value is -2.29. The third kappa shape index (κ3) is 7.09. The molecule has 186 valence electrons. The molecule has 0 bridgehead atoms. The first kappa shape index (κ1) is 27.0. The summed E-state index contributed by atoms with van der Waals surface area (Å²) >= 11 is 0. The Labute approximate surface area is 189 Å². The number of methoxy groups -OCH3 is 1. The molecular formula is C21H30O12. The van der Waals surface area contributed by atoms with Gasteiger partial charge in [-0.15, -0.1) is 0 Å². The number of carbonyl (C=O) groups excluding carboxylic acids is 1. The van der Waals surface area contributed by atoms with Crippen LogP contribution in [0, 0.1) is 0 Å². The van der Waals surface area contributed by atoms with Gasteiger partial charge >= 0.3 is 5.97 Å². The number of aliphatic hydroxyl groups is 6. The van der Waals surface area contributed by atoms with Crippen LogP contribution >= 0.6 is 0 Å². The molecule has 1 aliphatic rings. The monoisotopic (exact) mass is 474 g/mol. The van der Waals surface area contributed by atoms with E-state index in [0.717, 1.165) is 6.08 Å². The van der Waals surface area contributed by atoms with Gasteiger partial charge in [0, 0.05) is 6.08 Å². The normalized spacial score (nSPS) is 28.3. The van der Waals surface area contributed by atoms with Crippen molar-refractivity contribution in [1.29, 1.82) is 0 Å². The molecule has 7 unspecified atom stereocenters. The molecule has 12 heteroatoms. The van der Waals surface area contributed by atoms with Crippen LogP contribution < -0.4 is 4.74 Å². The second-order valence-electron chi connectivity index (χ2n) is 7.77. The van der Waals surface area contributed by atoms with Gasteiger partial charge in [0.15, 0.2) is 17.8 Å². The molecule has 0 aliphatic carbocycles. The van der Waals surface area contributed by atoms with Crippen LogP contribution in [0.5, 0.6) is 11.5 Å². The molecular weight excluding hydrogens is 444 g/mol. The molecule has 1 saturated heterocycles. The van der Waals surface area contributed by atoms with E-state index in [0.29, 0.717) is 5.56 Å². The van der Waals surface area contributed by atoms with Crippen LogP contribution in [-0.4, -0.2) is 111 Å². The molecule has 0 aromatic heterocycles. The molecule has 33 heavy (non-hydrogen) atoms. The molecule has 7 atom stereocenters. The van der Waals surface area contributed by atoms with Crippen molar-refractivity contribution >= 4 is 12.0 Å². The molecule has 0 amide bonds. The fourth-order valence-corrected chi connectivity index (χ4v) is 2.84. The second-order valence-corrected chi connectivity index (χ2v) is 7.77. The van der Waals surface area contributed by atoms with Crippen molar-refractivity contribution in [1.82, 2.24) is 0 Å². The van der Waals surface area contributed by atoms with E-state index in [1.54, 1.807) is 0 Å². The van der Waals surface area contributed by atoms with E-state index in [1.807, 2.05) is 0 Å². The van der Waals surface area contributed by atoms with Gasteiger partial charge in [0.2, 0.25) is 0 Å². The molecule has 1 aromatic rings. The molecule has 7 N–H and O–H groups in total. The van der Waals surface area contributed by atoms with Crippen LogP contribution in [0.2, 0.25) is 0 Å². The number of aliphatic hydroxyl groups excluding tert-OH is 5. The van der Waals surface area contributed by atoms with Gasteiger partial charge in [0.05, 0.1) is 20.3 Å². The molecule has 0 spiro atoms. The minimum atomic E-state index is -1.87. The third-order valence-corrected chi connectivity index (χ3v) is 5.13. The van der Waals surface area contributed by atoms with Crippen LogP contribution in [0.15, 0.2) is 24.3 Å². The molecule has 1 aliphatic heterocycles. The summed E-state index contributed by atoms with van der Waals surface area (Å²) in [4.78, 5) is 12.0. The second kappa shape index (κ2) is 11.7. The van der Waals surface area contributed by atoms with Crippen LogP contribution in [0.25, 0.3) is 6.08 Å². The highest BCUT2D eigenvalue weighted by molar-refractivity contribution is 5.87. The Kier molecular flexibility index (Phi) is 9.57. The number of hydrogen-bond donors (Lipinski definition) is 7. The molecule has 1 fully saturated rings. The first-order chi connectivity index (χ1) is 15.5. The lowest BCUT2D eigenvalue weighted by molar-refractivity contribution is -0.308. The zero-order valence-electron chi connectivity index (χ0n) is 18.1. The molecule has 0 radical (unpaired) electrons. The fourth-order valence-electron chi connectivity index (χ4n) is 2.84. The van der Waals surface area contributed by atoms with Gasteiger partial charge < -0.3 is 54.7 Å². The maximum atomic E-state index is 12.0. The van der Waals surface area contributed by atoms with Crippen LogP contribution in [0.1, 0.15) is 12.5 Å². The summed E-state index contributed by atoms with van der Waals surface area (Å²) < 4.78 is 20.5. The third-order valence-electron chi connectivity index (χ3n) is 5.13. The van der Waals surface area contributed by atoms with Crippen LogP contribution in [-0.2, 0) is 19.0 Å². The Morgan fingerprint density at radius 2 is 1.94 bits per heavy atom. The van der Waals surface area contributed by atoms with Crippen LogP contribution in [0.4, 0.5) is 0 Å². The molecule has 1 aromatic carbocycles. The highest BCUT2D eigenvalue weighted by Gasteiger charge is 2.45. The van der Waals surface area contributed by atoms with Gasteiger partial charge in [-0.25, -0.2) is 4.79 Å². The lowest BCUT2D eigenvalue weighted by Gasteiger charge is -2.40. The quantitative estimate of drug-likeness (QED) is 0.144. The van der Waals surface area contributed by atoms with Crippen molar-refractivity contribution in [3.63, 3.8) is 0 Å². The molecule has 2 rings (SSSR count). The summed E-state index contributed by atoms with van der Waals surface area (Å²) in [5, 5.41) is 68.5. The summed E-state index contributed by atoms with van der Waals surface area (Å²) in [7, 11) is 1.38. The van der Waals surface area contributed by atoms with E-state index in [1.165, 1.54) is 38.3 Å². The average Bonchev–Trinajstić information content (AvgIpc) is 2.80. The van der Waals surface area contributed by atoms with Crippen molar-refractivity contribution in [2.24, 2.45) is 0 Å². The highest BCUT2D eigenvalue weighted by Crippen LogP contribution is 2.27. The average molecular weight is 474 g/mol. The number of benzene rings is 1. The number of hydrogen-bond acceptors (Lipinski definition) is 12. The number of aromatic hydroxyl groups is 1. The lowest BCUT2D eigenvalue weighted by atomic mass is 9.99. The van der Waals surface area contributed by atoms with Gasteiger partial charge in [-0.1, -0.05) is 6.07 Å². The van der Waals surface area contributed by atoms with Gasteiger partial charge in [0.1, 0.15) is 42.7 Å². The van der Waals surface area contributed by atoms with E-state index in [2.05, 4.69) is 0 Å². The predicted octanol–water partition coefficient (Wildman–Crippen LogP) is -2.11. The van der Waals surface area contributed by atoms with Crippen molar-refractivity contribution in [3.8, 4) is 11.5 Å². The van der Waals surface area contributed by atoms with Crippen molar-refractivity contribution < 1.29 is 59.5 Å². The van der Waals surface area contributed by atoms with Gasteiger partial charge in [0.25, 0.3) is 0 Å². The van der Waals surface area contributed by atoms with Crippen molar-refractivity contribution in [2.45, 2.75) is 49.3 Å². The Balaban J connectivity index is 1.93. The SMILES string of the molecule is COc1cc(/C=C/C(=O)OCC2OC(OCC(O)C(C)(O)CO)C(O)C(O)C2O)ccc1O. The highest BCUT2D eigenvalue weighted by atomic mass is 16.7. The number of carbonyl (C=O) groups is 1. The smallest absolute Gasteiger partial charge is 0.330 e. The Morgan fingerprint density at radius 1 is 1.24 bits per heavy atom. The zero-order valence-corrected chi connectivity index (χ0v) is 18.1. The Morgan fingerprint density at radius 3 is 2.58 bits per heavy atom. The van der Waals surface area contributed by atoms with Gasteiger partial charge in [-0.3, -0.25) is 0 Å². The standard InChI is InChI=1S/C21H30O12/c1-21(29,10-22)15(24)9-32-20-19(28)18(27)17(26)14(33-20)8-31-16(25)6-4-11-3-5-12(23)13(7-11)30-2/h3-7,14-15,17-20,22-24,26-29H,8-10H2,1-2H3/b6-4+. The van der Waals surface area contributed by atoms with Crippen molar-refractivity contribution in [3.05, 3.63) is 29.8 Å². The molecule has 0 saturated carbocycles. The zero-order chi connectivity index (χ0) is 24.8. The summed E-state index contributed by atoms with van der Waals surface area (Å²) in [6, 6.07) is 4.42. The number of ether oxygens (including phenoxy) is 4. The lowest BCUT2D eigenvalue weighted by Crippen LogP contribution is -2.60. The number of rotatable bonds is 10. The summed E-state index contributed by atoms with van der Waals surface area (Å²) in [5.74, 6) is -0.649. The first-order valence-electron chi connectivity index (χ1n) is 10.0. The maximum Gasteiger partial charge on any atom is 0.330 e. The van der Waals surface area contributed by atoms with E-state index >= 15 is 0 Å². The maximum absolute atomic E-state index is 12.0. The fraction of sp³-hybridized carbons (Fsp3) is 0.571. The van der Waals surface area contributed by atoms with E-state index in [4.69, 9.17) is 24.1 Å².